The van der Waals surface area contributed by atoms with Crippen LogP contribution in [0.5, 0.6) is 28.7 Å². The summed E-state index contributed by atoms with van der Waals surface area (Å²) in [5.74, 6) is 1.83. The molecule has 0 aromatic heterocycles. The molecular formula is C33H40O8. The lowest BCUT2D eigenvalue weighted by atomic mass is 9.72. The summed E-state index contributed by atoms with van der Waals surface area (Å²) in [4.78, 5) is 0. The first-order valence-corrected chi connectivity index (χ1v) is 14.2. The normalized spacial score (nSPS) is 23.1. The van der Waals surface area contributed by atoms with E-state index in [0.717, 1.165) is 29.5 Å². The van der Waals surface area contributed by atoms with Crippen molar-refractivity contribution in [3.05, 3.63) is 76.3 Å². The highest BCUT2D eigenvalue weighted by atomic mass is 16.5. The summed E-state index contributed by atoms with van der Waals surface area (Å²) >= 11 is 0. The van der Waals surface area contributed by atoms with Gasteiger partial charge in [-0.3, -0.25) is 0 Å². The number of hydrogen-bond donors (Lipinski definition) is 3. The van der Waals surface area contributed by atoms with E-state index in [2.05, 4.69) is 0 Å². The lowest BCUT2D eigenvalue weighted by molar-refractivity contribution is -0.0889. The van der Waals surface area contributed by atoms with Crippen molar-refractivity contribution < 1.29 is 39.0 Å². The summed E-state index contributed by atoms with van der Waals surface area (Å²) in [6.45, 7) is 2.78. The summed E-state index contributed by atoms with van der Waals surface area (Å²) in [5.41, 5.74) is 3.92. The summed E-state index contributed by atoms with van der Waals surface area (Å²) in [6, 6.07) is 14.9. The van der Waals surface area contributed by atoms with Crippen LogP contribution in [-0.4, -0.2) is 56.0 Å². The number of aliphatic hydroxyl groups is 2. The van der Waals surface area contributed by atoms with Gasteiger partial charge in [0.05, 0.1) is 33.0 Å². The Labute approximate surface area is 241 Å². The minimum atomic E-state index is -0.927. The number of benzene rings is 3. The molecule has 0 saturated carbocycles. The number of fused-ring (bicyclic) bond motifs is 2. The molecule has 5 unspecified atom stereocenters. The molecule has 220 valence electrons. The van der Waals surface area contributed by atoms with Gasteiger partial charge in [0.25, 0.3) is 0 Å². The first kappa shape index (κ1) is 29.0. The lowest BCUT2D eigenvalue weighted by Crippen LogP contribution is -2.46. The van der Waals surface area contributed by atoms with E-state index in [1.54, 1.807) is 39.5 Å². The van der Waals surface area contributed by atoms with Gasteiger partial charge in [-0.05, 0) is 66.8 Å². The van der Waals surface area contributed by atoms with Crippen molar-refractivity contribution in [2.75, 3.05) is 34.5 Å². The fraction of sp³-hybridized carbons (Fsp3) is 0.455. The van der Waals surface area contributed by atoms with Crippen molar-refractivity contribution in [1.29, 1.82) is 0 Å². The monoisotopic (exact) mass is 564 g/mol. The molecule has 2 heterocycles. The second kappa shape index (κ2) is 12.6. The molecule has 3 aromatic rings. The first-order valence-electron chi connectivity index (χ1n) is 14.2. The average Bonchev–Trinajstić information content (AvgIpc) is 2.98. The molecule has 0 aliphatic carbocycles. The topological polar surface area (TPSA) is 107 Å². The average molecular weight is 565 g/mol. The van der Waals surface area contributed by atoms with Gasteiger partial charge in [0.1, 0.15) is 34.9 Å². The largest absolute Gasteiger partial charge is 0.508 e. The highest BCUT2D eigenvalue weighted by Gasteiger charge is 2.47. The van der Waals surface area contributed by atoms with E-state index in [1.807, 2.05) is 37.3 Å². The number of aryl methyl sites for hydroxylation is 1. The number of aromatic hydroxyl groups is 1. The second-order valence-corrected chi connectivity index (χ2v) is 10.8. The molecule has 0 fully saturated rings. The van der Waals surface area contributed by atoms with Crippen molar-refractivity contribution >= 4 is 0 Å². The Balaban J connectivity index is 1.49. The molecule has 0 spiro atoms. The van der Waals surface area contributed by atoms with Gasteiger partial charge in [-0.25, -0.2) is 0 Å². The maximum atomic E-state index is 11.9. The number of ether oxygens (including phenoxy) is 5. The fourth-order valence-corrected chi connectivity index (χ4v) is 6.22. The molecule has 3 aromatic carbocycles. The summed E-state index contributed by atoms with van der Waals surface area (Å²) in [7, 11) is 4.84. The van der Waals surface area contributed by atoms with Crippen LogP contribution in [0, 0.1) is 11.8 Å². The van der Waals surface area contributed by atoms with Crippen LogP contribution in [0.25, 0.3) is 0 Å². The molecule has 8 heteroatoms. The molecule has 3 N–H and O–H groups in total. The number of hydrogen-bond acceptors (Lipinski definition) is 8. The highest BCUT2D eigenvalue weighted by molar-refractivity contribution is 5.52. The van der Waals surface area contributed by atoms with E-state index in [0.29, 0.717) is 53.6 Å². The molecule has 0 radical (unpaired) electrons. The van der Waals surface area contributed by atoms with Crippen LogP contribution in [0.1, 0.15) is 59.8 Å². The van der Waals surface area contributed by atoms with Crippen LogP contribution in [0.15, 0.2) is 48.5 Å². The van der Waals surface area contributed by atoms with E-state index in [9.17, 15) is 15.3 Å². The Morgan fingerprint density at radius 3 is 2.37 bits per heavy atom. The molecule has 5 rings (SSSR count). The third kappa shape index (κ3) is 5.82. The summed E-state index contributed by atoms with van der Waals surface area (Å²) in [6.07, 6.45) is 0.472. The maximum Gasteiger partial charge on any atom is 0.128 e. The summed E-state index contributed by atoms with van der Waals surface area (Å²) < 4.78 is 29.1. The van der Waals surface area contributed by atoms with Crippen LogP contribution >= 0.6 is 0 Å². The molecule has 8 nitrogen and oxygen atoms in total. The lowest BCUT2D eigenvalue weighted by Gasteiger charge is -2.44. The molecular weight excluding hydrogens is 524 g/mol. The minimum absolute atomic E-state index is 0.207. The van der Waals surface area contributed by atoms with Crippen LogP contribution in [0.2, 0.25) is 0 Å². The van der Waals surface area contributed by atoms with E-state index in [-0.39, 0.29) is 18.5 Å². The number of rotatable bonds is 10. The van der Waals surface area contributed by atoms with Gasteiger partial charge in [0, 0.05) is 48.7 Å². The smallest absolute Gasteiger partial charge is 0.128 e. The van der Waals surface area contributed by atoms with Crippen molar-refractivity contribution in [1.82, 2.24) is 0 Å². The third-order valence-electron chi connectivity index (χ3n) is 8.41. The Morgan fingerprint density at radius 2 is 1.66 bits per heavy atom. The van der Waals surface area contributed by atoms with E-state index in [1.165, 1.54) is 0 Å². The van der Waals surface area contributed by atoms with Crippen molar-refractivity contribution in [2.45, 2.75) is 50.9 Å². The van der Waals surface area contributed by atoms with Crippen molar-refractivity contribution in [3.8, 4) is 28.7 Å². The van der Waals surface area contributed by atoms with Crippen molar-refractivity contribution in [3.63, 3.8) is 0 Å². The molecule has 5 atom stereocenters. The van der Waals surface area contributed by atoms with Gasteiger partial charge < -0.3 is 39.0 Å². The quantitative estimate of drug-likeness (QED) is 0.291. The fourth-order valence-electron chi connectivity index (χ4n) is 6.22. The zero-order valence-electron chi connectivity index (χ0n) is 24.1. The molecule has 41 heavy (non-hydrogen) atoms. The molecule has 2 aliphatic rings. The second-order valence-electron chi connectivity index (χ2n) is 10.8. The van der Waals surface area contributed by atoms with E-state index < -0.39 is 24.0 Å². The number of methoxy groups -OCH3 is 3. The van der Waals surface area contributed by atoms with Crippen LogP contribution in [0.3, 0.4) is 0 Å². The zero-order valence-corrected chi connectivity index (χ0v) is 24.1. The maximum absolute atomic E-state index is 11.9. The van der Waals surface area contributed by atoms with Gasteiger partial charge in [0.15, 0.2) is 0 Å². The van der Waals surface area contributed by atoms with Crippen LogP contribution in [-0.2, 0) is 17.6 Å². The summed E-state index contributed by atoms with van der Waals surface area (Å²) in [5, 5.41) is 34.0. The standard InChI is InChI=1S/C33H40O8/c1-5-20-9-8-19(14-27(20)34)13-21-15-23(39-4)17-25-31(35)26(18-40-33(21)25)30-29(7-6-12-37-2)41-28-11-10-22(38-3)16-24(28)32(30)36/h8-11,14-17,26,29-32,34-36H,5-7,12-13,18H2,1-4H3. The van der Waals surface area contributed by atoms with E-state index in [4.69, 9.17) is 23.7 Å². The number of phenolic OH excluding ortho intramolecular Hbond substituents is 1. The van der Waals surface area contributed by atoms with Gasteiger partial charge in [0.2, 0.25) is 0 Å². The highest BCUT2D eigenvalue weighted by Crippen LogP contribution is 2.51. The molecule has 0 bridgehead atoms. The SMILES string of the molecule is CCc1ccc(Cc2cc(OC)cc3c2OCC(C2C(CCCOC)Oc4ccc(OC)cc4C2O)C3O)cc1O. The van der Waals surface area contributed by atoms with Crippen molar-refractivity contribution in [2.24, 2.45) is 11.8 Å². The predicted molar refractivity (Wildman–Crippen MR) is 154 cm³/mol. The van der Waals surface area contributed by atoms with E-state index >= 15 is 0 Å². The van der Waals surface area contributed by atoms with Gasteiger partial charge in [-0.15, -0.1) is 0 Å². The Morgan fingerprint density at radius 1 is 0.878 bits per heavy atom. The first-order chi connectivity index (χ1) is 19.9. The third-order valence-corrected chi connectivity index (χ3v) is 8.41. The molecule has 0 saturated heterocycles. The van der Waals surface area contributed by atoms with Gasteiger partial charge in [-0.2, -0.15) is 0 Å². The number of phenols is 1. The molecule has 0 amide bonds. The Bertz CT molecular complexity index is 1360. The molecule has 2 aliphatic heterocycles. The Hall–Kier alpha value is -3.46. The predicted octanol–water partition coefficient (Wildman–Crippen LogP) is 5.14. The van der Waals surface area contributed by atoms with Gasteiger partial charge in [-0.1, -0.05) is 19.1 Å². The van der Waals surface area contributed by atoms with Crippen LogP contribution in [0.4, 0.5) is 0 Å². The zero-order chi connectivity index (χ0) is 29.1. The minimum Gasteiger partial charge on any atom is -0.508 e. The Kier molecular flexibility index (Phi) is 8.92. The van der Waals surface area contributed by atoms with Gasteiger partial charge >= 0.3 is 0 Å². The van der Waals surface area contributed by atoms with Crippen LogP contribution < -0.4 is 18.9 Å². The number of aliphatic hydroxyl groups excluding tert-OH is 2.